The first-order valence-corrected chi connectivity index (χ1v) is 6.21. The van der Waals surface area contributed by atoms with Crippen molar-refractivity contribution in [3.05, 3.63) is 36.1 Å². The van der Waals surface area contributed by atoms with Gasteiger partial charge in [0.15, 0.2) is 0 Å². The average Bonchev–Trinajstić information content (AvgIpc) is 2.91. The Bertz CT molecular complexity index is 401. The van der Waals surface area contributed by atoms with E-state index in [4.69, 9.17) is 5.41 Å². The van der Waals surface area contributed by atoms with Crippen LogP contribution in [0.2, 0.25) is 0 Å². The SMILES string of the molecule is C=C/C=C(C(=N)C(=O)N1CCCC1)\C(=C/C)NC. The van der Waals surface area contributed by atoms with E-state index in [1.54, 1.807) is 24.1 Å². The molecule has 0 aromatic rings. The van der Waals surface area contributed by atoms with Crippen LogP contribution in [-0.4, -0.2) is 36.7 Å². The van der Waals surface area contributed by atoms with Crippen LogP contribution in [0.5, 0.6) is 0 Å². The van der Waals surface area contributed by atoms with Crippen LogP contribution in [0.1, 0.15) is 19.8 Å². The number of likely N-dealkylation sites (tertiary alicyclic amines) is 1. The van der Waals surface area contributed by atoms with Crippen LogP contribution in [0.25, 0.3) is 0 Å². The summed E-state index contributed by atoms with van der Waals surface area (Å²) in [5, 5.41) is 11.1. The normalized spacial score (nSPS) is 16.7. The molecule has 1 amide bonds. The molecule has 1 aliphatic heterocycles. The molecule has 4 heteroatoms. The third-order valence-corrected chi connectivity index (χ3v) is 3.01. The standard InChI is InChI=1S/C14H21N3O/c1-4-8-11(12(5-2)16-3)13(15)14(18)17-9-6-7-10-17/h4-5,8,15-16H,1,6-7,9-10H2,2-3H3/b11-8+,12-5+,15-13?. The molecule has 0 bridgehead atoms. The smallest absolute Gasteiger partial charge is 0.272 e. The van der Waals surface area contributed by atoms with Gasteiger partial charge in [-0.2, -0.15) is 0 Å². The van der Waals surface area contributed by atoms with Gasteiger partial charge in [0, 0.05) is 31.4 Å². The Hall–Kier alpha value is -1.84. The number of nitrogens with zero attached hydrogens (tertiary/aromatic N) is 1. The Balaban J connectivity index is 2.93. The molecule has 18 heavy (non-hydrogen) atoms. The van der Waals surface area contributed by atoms with Gasteiger partial charge in [-0.1, -0.05) is 24.8 Å². The highest BCUT2D eigenvalue weighted by molar-refractivity contribution is 6.45. The molecule has 0 unspecified atom stereocenters. The molecule has 0 saturated carbocycles. The van der Waals surface area contributed by atoms with Gasteiger partial charge in [0.2, 0.25) is 0 Å². The summed E-state index contributed by atoms with van der Waals surface area (Å²) in [6.45, 7) is 7.02. The van der Waals surface area contributed by atoms with Gasteiger partial charge < -0.3 is 10.2 Å². The van der Waals surface area contributed by atoms with Gasteiger partial charge in [0.05, 0.1) is 0 Å². The number of hydrogen-bond donors (Lipinski definition) is 2. The molecule has 1 saturated heterocycles. The number of carbonyl (C=O) groups is 1. The van der Waals surface area contributed by atoms with E-state index in [2.05, 4.69) is 11.9 Å². The summed E-state index contributed by atoms with van der Waals surface area (Å²) in [4.78, 5) is 13.9. The predicted molar refractivity (Wildman–Crippen MR) is 74.6 cm³/mol. The number of likely N-dealkylation sites (N-methyl/N-ethyl adjacent to an activating group) is 1. The fourth-order valence-corrected chi connectivity index (χ4v) is 2.05. The number of allylic oxidation sites excluding steroid dienone is 4. The zero-order chi connectivity index (χ0) is 13.5. The van der Waals surface area contributed by atoms with Gasteiger partial charge in [-0.05, 0) is 19.8 Å². The molecule has 2 N–H and O–H groups in total. The topological polar surface area (TPSA) is 56.2 Å². The van der Waals surface area contributed by atoms with Crippen molar-refractivity contribution in [3.63, 3.8) is 0 Å². The second kappa shape index (κ2) is 6.79. The van der Waals surface area contributed by atoms with Crippen LogP contribution in [-0.2, 0) is 4.79 Å². The largest absolute Gasteiger partial charge is 0.388 e. The van der Waals surface area contributed by atoms with Gasteiger partial charge in [0.25, 0.3) is 5.91 Å². The molecule has 1 heterocycles. The molecule has 0 aromatic heterocycles. The van der Waals surface area contributed by atoms with Gasteiger partial charge >= 0.3 is 0 Å². The lowest BCUT2D eigenvalue weighted by Gasteiger charge is -2.18. The number of rotatable bonds is 5. The minimum absolute atomic E-state index is 0.0271. The molecular formula is C14H21N3O. The first-order chi connectivity index (χ1) is 8.65. The molecule has 98 valence electrons. The Labute approximate surface area is 109 Å². The van der Waals surface area contributed by atoms with E-state index < -0.39 is 0 Å². The third-order valence-electron chi connectivity index (χ3n) is 3.01. The predicted octanol–water partition coefficient (Wildman–Crippen LogP) is 1.86. The number of carbonyl (C=O) groups excluding carboxylic acids is 1. The summed E-state index contributed by atoms with van der Waals surface area (Å²) in [5.74, 6) is -0.199. The zero-order valence-electron chi connectivity index (χ0n) is 11.1. The Kier molecular flexibility index (Phi) is 5.36. The van der Waals surface area contributed by atoms with E-state index in [-0.39, 0.29) is 11.6 Å². The van der Waals surface area contributed by atoms with Gasteiger partial charge in [0.1, 0.15) is 5.71 Å². The highest BCUT2D eigenvalue weighted by atomic mass is 16.2. The van der Waals surface area contributed by atoms with Crippen LogP contribution in [0.3, 0.4) is 0 Å². The van der Waals surface area contributed by atoms with Gasteiger partial charge in [-0.3, -0.25) is 10.2 Å². The van der Waals surface area contributed by atoms with Gasteiger partial charge in [-0.15, -0.1) is 0 Å². The highest BCUT2D eigenvalue weighted by Crippen LogP contribution is 2.14. The van der Waals surface area contributed by atoms with E-state index in [1.165, 1.54) is 0 Å². The van der Waals surface area contributed by atoms with E-state index in [1.807, 2.05) is 13.0 Å². The van der Waals surface area contributed by atoms with Crippen molar-refractivity contribution in [3.8, 4) is 0 Å². The fraction of sp³-hybridized carbons (Fsp3) is 0.429. The van der Waals surface area contributed by atoms with Crippen LogP contribution in [0, 0.1) is 5.41 Å². The summed E-state index contributed by atoms with van der Waals surface area (Å²) < 4.78 is 0. The van der Waals surface area contributed by atoms with Crippen LogP contribution >= 0.6 is 0 Å². The maximum Gasteiger partial charge on any atom is 0.272 e. The minimum atomic E-state index is -0.199. The molecule has 0 spiro atoms. The van der Waals surface area contributed by atoms with E-state index in [0.717, 1.165) is 31.6 Å². The van der Waals surface area contributed by atoms with Crippen molar-refractivity contribution in [2.75, 3.05) is 20.1 Å². The number of amides is 1. The van der Waals surface area contributed by atoms with Crippen molar-refractivity contribution in [2.24, 2.45) is 0 Å². The molecule has 1 rings (SSSR count). The molecule has 0 aromatic carbocycles. The third kappa shape index (κ3) is 3.09. The molecule has 4 nitrogen and oxygen atoms in total. The van der Waals surface area contributed by atoms with E-state index >= 15 is 0 Å². The Morgan fingerprint density at radius 1 is 1.39 bits per heavy atom. The van der Waals surface area contributed by atoms with Crippen molar-refractivity contribution in [2.45, 2.75) is 19.8 Å². The first kappa shape index (κ1) is 14.2. The summed E-state index contributed by atoms with van der Waals surface area (Å²) in [7, 11) is 1.78. The van der Waals surface area contributed by atoms with Crippen molar-refractivity contribution >= 4 is 11.6 Å². The maximum atomic E-state index is 12.2. The lowest BCUT2D eigenvalue weighted by molar-refractivity contribution is -0.123. The molecule has 1 aliphatic rings. The summed E-state index contributed by atoms with van der Waals surface area (Å²) in [5.41, 5.74) is 1.39. The Morgan fingerprint density at radius 3 is 2.44 bits per heavy atom. The summed E-state index contributed by atoms with van der Waals surface area (Å²) in [6, 6.07) is 0. The molecular weight excluding hydrogens is 226 g/mol. The summed E-state index contributed by atoms with van der Waals surface area (Å²) >= 11 is 0. The summed E-state index contributed by atoms with van der Waals surface area (Å²) in [6.07, 6.45) is 7.20. The quantitative estimate of drug-likeness (QED) is 0.575. The first-order valence-electron chi connectivity index (χ1n) is 6.21. The molecule has 0 aliphatic carbocycles. The lowest BCUT2D eigenvalue weighted by atomic mass is 10.0. The van der Waals surface area contributed by atoms with Crippen LogP contribution < -0.4 is 5.32 Å². The van der Waals surface area contributed by atoms with Gasteiger partial charge in [-0.25, -0.2) is 0 Å². The van der Waals surface area contributed by atoms with Crippen molar-refractivity contribution in [1.82, 2.24) is 10.2 Å². The highest BCUT2D eigenvalue weighted by Gasteiger charge is 2.24. The molecule has 0 radical (unpaired) electrons. The zero-order valence-corrected chi connectivity index (χ0v) is 11.1. The lowest BCUT2D eigenvalue weighted by Crippen LogP contribution is -2.35. The maximum absolute atomic E-state index is 12.2. The molecule has 1 fully saturated rings. The average molecular weight is 247 g/mol. The van der Waals surface area contributed by atoms with Crippen molar-refractivity contribution < 1.29 is 4.79 Å². The second-order valence-corrected chi connectivity index (χ2v) is 4.14. The number of hydrogen-bond acceptors (Lipinski definition) is 3. The van der Waals surface area contributed by atoms with Crippen LogP contribution in [0.4, 0.5) is 0 Å². The Morgan fingerprint density at radius 2 is 2.00 bits per heavy atom. The van der Waals surface area contributed by atoms with E-state index in [9.17, 15) is 4.79 Å². The minimum Gasteiger partial charge on any atom is -0.388 e. The fourth-order valence-electron chi connectivity index (χ4n) is 2.05. The second-order valence-electron chi connectivity index (χ2n) is 4.14. The monoisotopic (exact) mass is 247 g/mol. The van der Waals surface area contributed by atoms with Crippen molar-refractivity contribution in [1.29, 1.82) is 5.41 Å². The van der Waals surface area contributed by atoms with E-state index in [0.29, 0.717) is 5.57 Å². The number of nitrogens with one attached hydrogen (secondary N) is 2. The molecule has 0 atom stereocenters. The van der Waals surface area contributed by atoms with Crippen LogP contribution in [0.15, 0.2) is 36.1 Å².